The Kier molecular flexibility index (Phi) is 6.71. The Morgan fingerprint density at radius 3 is 2.44 bits per heavy atom. The van der Waals surface area contributed by atoms with Gasteiger partial charge in [0.2, 0.25) is 0 Å². The number of amides is 1. The Labute approximate surface area is 154 Å². The highest BCUT2D eigenvalue weighted by molar-refractivity contribution is 6.30. The van der Waals surface area contributed by atoms with Gasteiger partial charge in [0.15, 0.2) is 6.10 Å². The summed E-state index contributed by atoms with van der Waals surface area (Å²) in [5, 5.41) is 3.68. The molecule has 0 saturated carbocycles. The maximum absolute atomic E-state index is 12.5. The predicted octanol–water partition coefficient (Wildman–Crippen LogP) is 4.69. The fraction of sp³-hybridized carbons (Fsp3) is 0.350. The number of hydrogen-bond acceptors (Lipinski definition) is 3. The summed E-state index contributed by atoms with van der Waals surface area (Å²) in [5.74, 6) is 1.29. The van der Waals surface area contributed by atoms with Gasteiger partial charge in [0.1, 0.15) is 11.5 Å². The zero-order chi connectivity index (χ0) is 18.4. The second-order valence-corrected chi connectivity index (χ2v) is 6.35. The summed E-state index contributed by atoms with van der Waals surface area (Å²) in [4.78, 5) is 12.5. The van der Waals surface area contributed by atoms with Gasteiger partial charge >= 0.3 is 0 Å². The Morgan fingerprint density at radius 1 is 1.20 bits per heavy atom. The number of nitrogens with one attached hydrogen (secondary N) is 1. The minimum Gasteiger partial charge on any atom is -0.496 e. The van der Waals surface area contributed by atoms with Gasteiger partial charge in [-0.15, -0.1) is 0 Å². The van der Waals surface area contributed by atoms with Crippen LogP contribution >= 0.6 is 11.6 Å². The second-order valence-electron chi connectivity index (χ2n) is 5.91. The summed E-state index contributed by atoms with van der Waals surface area (Å²) in [6, 6.07) is 12.8. The number of rotatable bonds is 7. The number of methoxy groups -OCH3 is 1. The van der Waals surface area contributed by atoms with Crippen molar-refractivity contribution in [2.24, 2.45) is 0 Å². The molecule has 0 aliphatic heterocycles. The minimum absolute atomic E-state index is 0.0756. The van der Waals surface area contributed by atoms with Gasteiger partial charge in [0.05, 0.1) is 13.2 Å². The third kappa shape index (κ3) is 5.13. The fourth-order valence-electron chi connectivity index (χ4n) is 2.60. The quantitative estimate of drug-likeness (QED) is 0.778. The van der Waals surface area contributed by atoms with Gasteiger partial charge in [0, 0.05) is 5.02 Å². The number of benzene rings is 2. The number of ether oxygens (including phenoxy) is 2. The van der Waals surface area contributed by atoms with Crippen LogP contribution in [0.2, 0.25) is 5.02 Å². The lowest BCUT2D eigenvalue weighted by atomic mass is 10.0. The van der Waals surface area contributed by atoms with Gasteiger partial charge in [-0.05, 0) is 61.7 Å². The molecule has 1 amide bonds. The van der Waals surface area contributed by atoms with Crippen LogP contribution in [-0.4, -0.2) is 19.1 Å². The van der Waals surface area contributed by atoms with E-state index in [4.69, 9.17) is 21.1 Å². The van der Waals surface area contributed by atoms with Crippen LogP contribution in [0.1, 0.15) is 37.4 Å². The molecule has 134 valence electrons. The molecule has 0 aliphatic rings. The lowest BCUT2D eigenvalue weighted by Crippen LogP contribution is -2.38. The van der Waals surface area contributed by atoms with Crippen LogP contribution in [0.5, 0.6) is 11.5 Å². The summed E-state index contributed by atoms with van der Waals surface area (Å²) in [5.41, 5.74) is 2.09. The maximum Gasteiger partial charge on any atom is 0.261 e. The third-order valence-electron chi connectivity index (χ3n) is 4.04. The Balaban J connectivity index is 2.03. The molecule has 5 heteroatoms. The van der Waals surface area contributed by atoms with E-state index in [0.717, 1.165) is 23.3 Å². The molecule has 0 heterocycles. The summed E-state index contributed by atoms with van der Waals surface area (Å²) in [6.45, 7) is 5.76. The van der Waals surface area contributed by atoms with Crippen molar-refractivity contribution >= 4 is 17.5 Å². The van der Waals surface area contributed by atoms with Gasteiger partial charge in [-0.3, -0.25) is 4.79 Å². The largest absolute Gasteiger partial charge is 0.496 e. The van der Waals surface area contributed by atoms with Gasteiger partial charge in [-0.2, -0.15) is 0 Å². The first-order chi connectivity index (χ1) is 11.9. The van der Waals surface area contributed by atoms with Crippen LogP contribution in [0.25, 0.3) is 0 Å². The SMILES string of the molecule is CCC(NC(=O)C(C)Oc1ccc(Cl)cc1)c1ccc(OC)c(C)c1. The molecule has 25 heavy (non-hydrogen) atoms. The van der Waals surface area contributed by atoms with E-state index in [1.54, 1.807) is 38.3 Å². The molecule has 0 fully saturated rings. The molecule has 2 aromatic rings. The first kappa shape index (κ1) is 19.1. The first-order valence-electron chi connectivity index (χ1n) is 8.31. The average molecular weight is 362 g/mol. The highest BCUT2D eigenvalue weighted by Crippen LogP contribution is 2.24. The van der Waals surface area contributed by atoms with Crippen molar-refractivity contribution in [3.63, 3.8) is 0 Å². The molecule has 0 aliphatic carbocycles. The van der Waals surface area contributed by atoms with E-state index in [-0.39, 0.29) is 11.9 Å². The molecule has 2 aromatic carbocycles. The van der Waals surface area contributed by atoms with Gasteiger partial charge in [0.25, 0.3) is 5.91 Å². The van der Waals surface area contributed by atoms with Gasteiger partial charge in [-0.1, -0.05) is 30.7 Å². The smallest absolute Gasteiger partial charge is 0.261 e. The molecule has 0 saturated heterocycles. The van der Waals surface area contributed by atoms with Crippen LogP contribution in [-0.2, 0) is 4.79 Å². The molecular formula is C20H24ClNO3. The number of hydrogen-bond donors (Lipinski definition) is 1. The Bertz CT molecular complexity index is 715. The van der Waals surface area contributed by atoms with E-state index in [1.807, 2.05) is 32.0 Å². The van der Waals surface area contributed by atoms with Crippen LogP contribution in [0.4, 0.5) is 0 Å². The van der Waals surface area contributed by atoms with E-state index < -0.39 is 6.10 Å². The Hall–Kier alpha value is -2.20. The molecule has 2 unspecified atom stereocenters. The van der Waals surface area contributed by atoms with Crippen LogP contribution in [0, 0.1) is 6.92 Å². The molecule has 0 aromatic heterocycles. The first-order valence-corrected chi connectivity index (χ1v) is 8.69. The van der Waals surface area contributed by atoms with Crippen molar-refractivity contribution in [3.8, 4) is 11.5 Å². The van der Waals surface area contributed by atoms with Gasteiger partial charge in [-0.25, -0.2) is 0 Å². The molecule has 1 N–H and O–H groups in total. The monoisotopic (exact) mass is 361 g/mol. The number of aryl methyl sites for hydroxylation is 1. The van der Waals surface area contributed by atoms with Crippen molar-refractivity contribution in [3.05, 3.63) is 58.6 Å². The highest BCUT2D eigenvalue weighted by Gasteiger charge is 2.20. The van der Waals surface area contributed by atoms with Crippen LogP contribution in [0.15, 0.2) is 42.5 Å². The average Bonchev–Trinajstić information content (AvgIpc) is 2.61. The zero-order valence-electron chi connectivity index (χ0n) is 15.0. The van der Waals surface area contributed by atoms with Gasteiger partial charge < -0.3 is 14.8 Å². The van der Waals surface area contributed by atoms with E-state index in [0.29, 0.717) is 10.8 Å². The van der Waals surface area contributed by atoms with E-state index in [2.05, 4.69) is 5.32 Å². The number of halogens is 1. The zero-order valence-corrected chi connectivity index (χ0v) is 15.8. The summed E-state index contributed by atoms with van der Waals surface area (Å²) in [7, 11) is 1.65. The van der Waals surface area contributed by atoms with E-state index in [1.165, 1.54) is 0 Å². The van der Waals surface area contributed by atoms with Crippen molar-refractivity contribution < 1.29 is 14.3 Å². The maximum atomic E-state index is 12.5. The lowest BCUT2D eigenvalue weighted by molar-refractivity contribution is -0.128. The van der Waals surface area contributed by atoms with E-state index in [9.17, 15) is 4.79 Å². The summed E-state index contributed by atoms with van der Waals surface area (Å²) >= 11 is 5.86. The third-order valence-corrected chi connectivity index (χ3v) is 4.29. The van der Waals surface area contributed by atoms with Crippen LogP contribution in [0.3, 0.4) is 0 Å². The van der Waals surface area contributed by atoms with Crippen molar-refractivity contribution in [2.45, 2.75) is 39.3 Å². The molecular weight excluding hydrogens is 338 g/mol. The Morgan fingerprint density at radius 2 is 1.88 bits per heavy atom. The second kappa shape index (κ2) is 8.77. The topological polar surface area (TPSA) is 47.6 Å². The lowest BCUT2D eigenvalue weighted by Gasteiger charge is -2.22. The molecule has 2 atom stereocenters. The predicted molar refractivity (Wildman–Crippen MR) is 100 cm³/mol. The minimum atomic E-state index is -0.602. The molecule has 0 bridgehead atoms. The van der Waals surface area contributed by atoms with Crippen molar-refractivity contribution in [1.29, 1.82) is 0 Å². The standard InChI is InChI=1S/C20H24ClNO3/c1-5-18(15-6-11-19(24-4)13(2)12-15)22-20(23)14(3)25-17-9-7-16(21)8-10-17/h6-12,14,18H,5H2,1-4H3,(H,22,23). The number of carbonyl (C=O) groups excluding carboxylic acids is 1. The summed E-state index contributed by atoms with van der Waals surface area (Å²) < 4.78 is 11.0. The summed E-state index contributed by atoms with van der Waals surface area (Å²) in [6.07, 6.45) is 0.181. The van der Waals surface area contributed by atoms with E-state index >= 15 is 0 Å². The molecule has 4 nitrogen and oxygen atoms in total. The highest BCUT2D eigenvalue weighted by atomic mass is 35.5. The van der Waals surface area contributed by atoms with Crippen molar-refractivity contribution in [1.82, 2.24) is 5.32 Å². The fourth-order valence-corrected chi connectivity index (χ4v) is 2.73. The van der Waals surface area contributed by atoms with Crippen LogP contribution < -0.4 is 14.8 Å². The molecule has 0 radical (unpaired) electrons. The van der Waals surface area contributed by atoms with Crippen molar-refractivity contribution in [2.75, 3.05) is 7.11 Å². The normalized spacial score (nSPS) is 13.0. The number of carbonyl (C=O) groups is 1. The molecule has 0 spiro atoms. The molecule has 2 rings (SSSR count).